The van der Waals surface area contributed by atoms with E-state index in [0.29, 0.717) is 20.0 Å². The number of rotatable bonds is 2. The predicted molar refractivity (Wildman–Crippen MR) is 76.3 cm³/mol. The quantitative estimate of drug-likeness (QED) is 0.641. The van der Waals surface area contributed by atoms with Gasteiger partial charge in [0.05, 0.1) is 17.4 Å². The molecule has 0 atom stereocenters. The lowest BCUT2D eigenvalue weighted by molar-refractivity contribution is 0.102. The topological polar surface area (TPSA) is 42.0 Å². The number of hydrogen-bond donors (Lipinski definition) is 1. The first-order valence-corrected chi connectivity index (χ1v) is 6.40. The zero-order chi connectivity index (χ0) is 13.1. The number of nitrogens with one attached hydrogen (secondary N) is 1. The van der Waals surface area contributed by atoms with Gasteiger partial charge in [0.1, 0.15) is 11.0 Å². The smallest absolute Gasteiger partial charge is 0.256 e. The largest absolute Gasteiger partial charge is 0.321 e. The van der Waals surface area contributed by atoms with Crippen molar-refractivity contribution in [2.24, 2.45) is 0 Å². The second kappa shape index (κ2) is 5.62. The summed E-state index contributed by atoms with van der Waals surface area (Å²) in [6.45, 7) is 0. The van der Waals surface area contributed by atoms with Crippen molar-refractivity contribution in [1.82, 2.24) is 4.98 Å². The van der Waals surface area contributed by atoms with Crippen LogP contribution >= 0.6 is 34.2 Å². The van der Waals surface area contributed by atoms with Crippen LogP contribution in [0, 0.1) is 9.39 Å². The fraction of sp³-hybridized carbons (Fsp3) is 0. The highest BCUT2D eigenvalue weighted by atomic mass is 127. The number of carbonyl (C=O) groups excluding carboxylic acids is 1. The summed E-state index contributed by atoms with van der Waals surface area (Å²) in [4.78, 5) is 15.8. The molecular formula is C12H7ClFIN2O. The summed E-state index contributed by atoms with van der Waals surface area (Å²) >= 11 is 7.55. The Morgan fingerprint density at radius 3 is 2.72 bits per heavy atom. The Morgan fingerprint density at radius 1 is 1.33 bits per heavy atom. The van der Waals surface area contributed by atoms with E-state index in [1.807, 2.05) is 22.6 Å². The molecule has 0 spiro atoms. The van der Waals surface area contributed by atoms with E-state index in [0.717, 1.165) is 0 Å². The molecule has 1 aromatic carbocycles. The van der Waals surface area contributed by atoms with Gasteiger partial charge in [-0.15, -0.1) is 0 Å². The van der Waals surface area contributed by atoms with Crippen molar-refractivity contribution in [2.45, 2.75) is 0 Å². The standard InChI is InChI=1S/C12H7ClFIN2O/c13-11-4-2-8(6-16-11)17-12(18)9-3-1-7(14)5-10(9)15/h1-6H,(H,17,18). The Labute approximate surface area is 122 Å². The second-order valence-electron chi connectivity index (χ2n) is 3.45. The fourth-order valence-electron chi connectivity index (χ4n) is 1.32. The van der Waals surface area contributed by atoms with Gasteiger partial charge in [-0.05, 0) is 52.9 Å². The summed E-state index contributed by atoms with van der Waals surface area (Å²) in [5, 5.41) is 3.01. The van der Waals surface area contributed by atoms with Gasteiger partial charge in [-0.25, -0.2) is 9.37 Å². The normalized spacial score (nSPS) is 10.2. The second-order valence-corrected chi connectivity index (χ2v) is 5.00. The molecule has 1 heterocycles. The molecule has 1 aromatic heterocycles. The number of aromatic nitrogens is 1. The van der Waals surface area contributed by atoms with Gasteiger partial charge in [0.2, 0.25) is 0 Å². The number of halogens is 3. The van der Waals surface area contributed by atoms with Crippen LogP contribution in [0.4, 0.5) is 10.1 Å². The van der Waals surface area contributed by atoms with E-state index >= 15 is 0 Å². The minimum absolute atomic E-state index is 0.316. The monoisotopic (exact) mass is 376 g/mol. The van der Waals surface area contributed by atoms with Crippen LogP contribution in [0.2, 0.25) is 5.15 Å². The van der Waals surface area contributed by atoms with Crippen molar-refractivity contribution < 1.29 is 9.18 Å². The zero-order valence-corrected chi connectivity index (χ0v) is 11.9. The lowest BCUT2D eigenvalue weighted by atomic mass is 10.2. The third-order valence-electron chi connectivity index (χ3n) is 2.16. The minimum Gasteiger partial charge on any atom is -0.321 e. The van der Waals surface area contributed by atoms with Crippen LogP contribution in [0.5, 0.6) is 0 Å². The Morgan fingerprint density at radius 2 is 2.11 bits per heavy atom. The van der Waals surface area contributed by atoms with Crippen LogP contribution in [0.25, 0.3) is 0 Å². The third-order valence-corrected chi connectivity index (χ3v) is 3.28. The zero-order valence-electron chi connectivity index (χ0n) is 8.95. The van der Waals surface area contributed by atoms with Crippen molar-refractivity contribution in [2.75, 3.05) is 5.32 Å². The summed E-state index contributed by atoms with van der Waals surface area (Å²) < 4.78 is 13.5. The molecule has 3 nitrogen and oxygen atoms in total. The average molecular weight is 377 g/mol. The molecule has 0 saturated carbocycles. The third kappa shape index (κ3) is 3.17. The number of pyridine rings is 1. The van der Waals surface area contributed by atoms with E-state index < -0.39 is 0 Å². The molecule has 0 aliphatic rings. The predicted octanol–water partition coefficient (Wildman–Crippen LogP) is 3.73. The van der Waals surface area contributed by atoms with Crippen molar-refractivity contribution in [3.63, 3.8) is 0 Å². The van der Waals surface area contributed by atoms with Gasteiger partial charge in [-0.3, -0.25) is 4.79 Å². The molecule has 0 fully saturated rings. The van der Waals surface area contributed by atoms with Gasteiger partial charge in [-0.1, -0.05) is 11.6 Å². The Bertz CT molecular complexity index is 589. The molecule has 2 rings (SSSR count). The maximum Gasteiger partial charge on any atom is 0.256 e. The van der Waals surface area contributed by atoms with Crippen molar-refractivity contribution in [3.05, 3.63) is 56.6 Å². The molecule has 0 aliphatic carbocycles. The van der Waals surface area contributed by atoms with E-state index in [4.69, 9.17) is 11.6 Å². The van der Waals surface area contributed by atoms with Gasteiger partial charge in [0, 0.05) is 3.57 Å². The Balaban J connectivity index is 2.19. The summed E-state index contributed by atoms with van der Waals surface area (Å²) in [5.41, 5.74) is 0.941. The van der Waals surface area contributed by atoms with Gasteiger partial charge in [-0.2, -0.15) is 0 Å². The molecule has 1 N–H and O–H groups in total. The molecule has 0 unspecified atom stereocenters. The highest BCUT2D eigenvalue weighted by molar-refractivity contribution is 14.1. The SMILES string of the molecule is O=C(Nc1ccc(Cl)nc1)c1ccc(F)cc1I. The first kappa shape index (κ1) is 13.2. The minimum atomic E-state index is -0.371. The molecular weight excluding hydrogens is 369 g/mol. The molecule has 1 amide bonds. The Hall–Kier alpha value is -1.21. The highest BCUT2D eigenvalue weighted by Crippen LogP contribution is 2.16. The van der Waals surface area contributed by atoms with E-state index in [-0.39, 0.29) is 11.7 Å². The van der Waals surface area contributed by atoms with Crippen LogP contribution in [-0.2, 0) is 0 Å². The van der Waals surface area contributed by atoms with Gasteiger partial charge in [0.15, 0.2) is 0 Å². The van der Waals surface area contributed by atoms with Crippen molar-refractivity contribution >= 4 is 45.8 Å². The average Bonchev–Trinajstić information content (AvgIpc) is 2.32. The van der Waals surface area contributed by atoms with Crippen LogP contribution in [-0.4, -0.2) is 10.9 Å². The molecule has 2 aromatic rings. The maximum atomic E-state index is 12.9. The van der Waals surface area contributed by atoms with E-state index in [2.05, 4.69) is 10.3 Å². The summed E-state index contributed by atoms with van der Waals surface area (Å²) in [6.07, 6.45) is 1.45. The van der Waals surface area contributed by atoms with Crippen LogP contribution < -0.4 is 5.32 Å². The lowest BCUT2D eigenvalue weighted by Gasteiger charge is -2.06. The van der Waals surface area contributed by atoms with Gasteiger partial charge < -0.3 is 5.32 Å². The van der Waals surface area contributed by atoms with Crippen LogP contribution in [0.1, 0.15) is 10.4 Å². The van der Waals surface area contributed by atoms with Gasteiger partial charge in [0.25, 0.3) is 5.91 Å². The fourth-order valence-corrected chi connectivity index (χ4v) is 2.16. The number of hydrogen-bond acceptors (Lipinski definition) is 2. The number of carbonyl (C=O) groups is 1. The summed E-state index contributed by atoms with van der Waals surface area (Å²) in [7, 11) is 0. The van der Waals surface area contributed by atoms with Crippen molar-refractivity contribution in [1.29, 1.82) is 0 Å². The molecule has 18 heavy (non-hydrogen) atoms. The first-order valence-electron chi connectivity index (χ1n) is 4.94. The lowest BCUT2D eigenvalue weighted by Crippen LogP contribution is -2.13. The summed E-state index contributed by atoms with van der Waals surface area (Å²) in [5.74, 6) is -0.687. The number of nitrogens with zero attached hydrogens (tertiary/aromatic N) is 1. The van der Waals surface area contributed by atoms with Crippen molar-refractivity contribution in [3.8, 4) is 0 Å². The molecule has 0 aliphatic heterocycles. The molecule has 0 bridgehead atoms. The van der Waals surface area contributed by atoms with Crippen LogP contribution in [0.3, 0.4) is 0 Å². The molecule has 0 radical (unpaired) electrons. The highest BCUT2D eigenvalue weighted by Gasteiger charge is 2.10. The van der Waals surface area contributed by atoms with E-state index in [9.17, 15) is 9.18 Å². The Kier molecular flexibility index (Phi) is 4.13. The summed E-state index contributed by atoms with van der Waals surface area (Å²) in [6, 6.07) is 7.21. The van der Waals surface area contributed by atoms with Crippen LogP contribution in [0.15, 0.2) is 36.5 Å². The maximum absolute atomic E-state index is 12.9. The van der Waals surface area contributed by atoms with E-state index in [1.165, 1.54) is 24.4 Å². The van der Waals surface area contributed by atoms with Gasteiger partial charge >= 0.3 is 0 Å². The molecule has 0 saturated heterocycles. The number of benzene rings is 1. The van der Waals surface area contributed by atoms with E-state index in [1.54, 1.807) is 12.1 Å². The number of amides is 1. The molecule has 92 valence electrons. The first-order chi connectivity index (χ1) is 8.56. The number of anilines is 1. The molecule has 6 heteroatoms.